The van der Waals surface area contributed by atoms with Crippen molar-refractivity contribution in [3.05, 3.63) is 0 Å². The first-order chi connectivity index (χ1) is 8.76. The highest BCUT2D eigenvalue weighted by molar-refractivity contribution is 5.75. The molecule has 0 bridgehead atoms. The molecule has 0 aromatic heterocycles. The van der Waals surface area contributed by atoms with Gasteiger partial charge < -0.3 is 4.90 Å². The van der Waals surface area contributed by atoms with Crippen molar-refractivity contribution < 1.29 is 4.79 Å². The summed E-state index contributed by atoms with van der Waals surface area (Å²) in [6, 6.07) is 0. The van der Waals surface area contributed by atoms with Gasteiger partial charge in [0.2, 0.25) is 5.91 Å². The van der Waals surface area contributed by atoms with Crippen molar-refractivity contribution in [2.45, 2.75) is 58.3 Å². The molecular formula is C14H29N3O. The third-order valence-corrected chi connectivity index (χ3v) is 3.93. The van der Waals surface area contributed by atoms with Gasteiger partial charge >= 0.3 is 0 Å². The Balaban J connectivity index is 2.10. The van der Waals surface area contributed by atoms with E-state index < -0.39 is 0 Å². The Hall–Kier alpha value is -0.610. The molecule has 0 saturated carbocycles. The lowest BCUT2D eigenvalue weighted by atomic mass is 9.96. The van der Waals surface area contributed by atoms with E-state index in [2.05, 4.69) is 17.2 Å². The zero-order chi connectivity index (χ0) is 13.2. The fourth-order valence-electron chi connectivity index (χ4n) is 2.84. The van der Waals surface area contributed by atoms with E-state index in [-0.39, 0.29) is 5.91 Å². The molecule has 1 heterocycles. The molecule has 0 aromatic rings. The molecule has 0 spiro atoms. The average Bonchev–Trinajstić information content (AvgIpc) is 2.60. The summed E-state index contributed by atoms with van der Waals surface area (Å²) in [6.07, 6.45) is 9.42. The molecule has 1 amide bonds. The summed E-state index contributed by atoms with van der Waals surface area (Å²) < 4.78 is 0. The summed E-state index contributed by atoms with van der Waals surface area (Å²) in [6.45, 7) is 5.90. The Morgan fingerprint density at radius 1 is 1.33 bits per heavy atom. The number of hydrogen-bond acceptors (Lipinski definition) is 3. The molecule has 0 aromatic carbocycles. The minimum atomic E-state index is -0.0473. The Morgan fingerprint density at radius 2 is 2.17 bits per heavy atom. The number of carbonyl (C=O) groups excluding carboxylic acids is 1. The van der Waals surface area contributed by atoms with Gasteiger partial charge in [0.15, 0.2) is 0 Å². The van der Waals surface area contributed by atoms with Crippen molar-refractivity contribution in [1.29, 1.82) is 0 Å². The number of unbranched alkanes of at least 4 members (excludes halogenated alkanes) is 1. The van der Waals surface area contributed by atoms with E-state index in [4.69, 9.17) is 5.84 Å². The number of carbonyl (C=O) groups is 1. The van der Waals surface area contributed by atoms with Crippen molar-refractivity contribution in [2.75, 3.05) is 19.6 Å². The zero-order valence-electron chi connectivity index (χ0n) is 11.8. The van der Waals surface area contributed by atoms with Crippen LogP contribution in [0.3, 0.4) is 0 Å². The molecule has 0 radical (unpaired) electrons. The van der Waals surface area contributed by atoms with Crippen LogP contribution >= 0.6 is 0 Å². The van der Waals surface area contributed by atoms with Gasteiger partial charge in [0.05, 0.1) is 0 Å². The SMILES string of the molecule is CCCC1CCCN(CCCCC(=O)NN)CC1. The summed E-state index contributed by atoms with van der Waals surface area (Å²) >= 11 is 0. The van der Waals surface area contributed by atoms with E-state index in [0.717, 1.165) is 25.3 Å². The van der Waals surface area contributed by atoms with Crippen LogP contribution in [0, 0.1) is 5.92 Å². The first kappa shape index (κ1) is 15.4. The number of nitrogens with zero attached hydrogens (tertiary/aromatic N) is 1. The van der Waals surface area contributed by atoms with Crippen LogP contribution in [0.4, 0.5) is 0 Å². The molecule has 1 aliphatic rings. The summed E-state index contributed by atoms with van der Waals surface area (Å²) in [7, 11) is 0. The Bertz CT molecular complexity index is 233. The molecule has 1 rings (SSSR count). The molecule has 106 valence electrons. The Kier molecular flexibility index (Phi) is 8.01. The van der Waals surface area contributed by atoms with Crippen LogP contribution in [0.15, 0.2) is 0 Å². The first-order valence-corrected chi connectivity index (χ1v) is 7.48. The van der Waals surface area contributed by atoms with E-state index in [0.29, 0.717) is 6.42 Å². The number of likely N-dealkylation sites (tertiary alicyclic amines) is 1. The van der Waals surface area contributed by atoms with E-state index >= 15 is 0 Å². The van der Waals surface area contributed by atoms with Crippen molar-refractivity contribution in [3.63, 3.8) is 0 Å². The largest absolute Gasteiger partial charge is 0.303 e. The third-order valence-electron chi connectivity index (χ3n) is 3.93. The minimum Gasteiger partial charge on any atom is -0.303 e. The fourth-order valence-corrected chi connectivity index (χ4v) is 2.84. The maximum absolute atomic E-state index is 11.0. The smallest absolute Gasteiger partial charge is 0.233 e. The van der Waals surface area contributed by atoms with Crippen LogP contribution in [0.1, 0.15) is 58.3 Å². The monoisotopic (exact) mass is 255 g/mol. The molecule has 1 unspecified atom stereocenters. The van der Waals surface area contributed by atoms with Gasteiger partial charge in [0, 0.05) is 6.42 Å². The van der Waals surface area contributed by atoms with Crippen LogP contribution in [-0.2, 0) is 4.79 Å². The Labute approximate surface area is 111 Å². The van der Waals surface area contributed by atoms with E-state index in [1.165, 1.54) is 45.2 Å². The predicted octanol–water partition coefficient (Wildman–Crippen LogP) is 2.05. The second-order valence-corrected chi connectivity index (χ2v) is 5.45. The third kappa shape index (κ3) is 6.36. The predicted molar refractivity (Wildman–Crippen MR) is 74.9 cm³/mol. The fraction of sp³-hybridized carbons (Fsp3) is 0.929. The highest BCUT2D eigenvalue weighted by atomic mass is 16.2. The zero-order valence-corrected chi connectivity index (χ0v) is 11.8. The lowest BCUT2D eigenvalue weighted by Gasteiger charge is -2.19. The van der Waals surface area contributed by atoms with Crippen molar-refractivity contribution >= 4 is 5.91 Å². The lowest BCUT2D eigenvalue weighted by molar-refractivity contribution is -0.121. The van der Waals surface area contributed by atoms with E-state index in [1.54, 1.807) is 0 Å². The maximum atomic E-state index is 11.0. The van der Waals surface area contributed by atoms with Gasteiger partial charge in [-0.25, -0.2) is 5.84 Å². The minimum absolute atomic E-state index is 0.0473. The molecule has 18 heavy (non-hydrogen) atoms. The second-order valence-electron chi connectivity index (χ2n) is 5.45. The van der Waals surface area contributed by atoms with Crippen LogP contribution in [0.25, 0.3) is 0 Å². The number of hydrazine groups is 1. The molecule has 3 N–H and O–H groups in total. The summed E-state index contributed by atoms with van der Waals surface area (Å²) in [4.78, 5) is 13.5. The number of nitrogens with one attached hydrogen (secondary N) is 1. The highest BCUT2D eigenvalue weighted by Gasteiger charge is 2.15. The molecule has 1 saturated heterocycles. The quantitative estimate of drug-likeness (QED) is 0.317. The normalized spacial score (nSPS) is 21.6. The van der Waals surface area contributed by atoms with Crippen molar-refractivity contribution in [3.8, 4) is 0 Å². The van der Waals surface area contributed by atoms with Crippen LogP contribution in [0.5, 0.6) is 0 Å². The van der Waals surface area contributed by atoms with Gasteiger partial charge in [0.1, 0.15) is 0 Å². The molecule has 0 aliphatic carbocycles. The van der Waals surface area contributed by atoms with Gasteiger partial charge in [-0.05, 0) is 57.7 Å². The molecule has 1 aliphatic heterocycles. The summed E-state index contributed by atoms with van der Waals surface area (Å²) in [5.41, 5.74) is 2.18. The average molecular weight is 255 g/mol. The standard InChI is InChI=1S/C14H29N3O/c1-2-6-13-7-5-11-17(12-9-13)10-4-3-8-14(18)16-15/h13H,2-12,15H2,1H3,(H,16,18). The molecular weight excluding hydrogens is 226 g/mol. The number of hydrogen-bond donors (Lipinski definition) is 2. The molecule has 1 fully saturated rings. The van der Waals surface area contributed by atoms with Crippen LogP contribution in [0.2, 0.25) is 0 Å². The Morgan fingerprint density at radius 3 is 2.89 bits per heavy atom. The van der Waals surface area contributed by atoms with Gasteiger partial charge in [0.25, 0.3) is 0 Å². The molecule has 4 nitrogen and oxygen atoms in total. The number of amides is 1. The van der Waals surface area contributed by atoms with Gasteiger partial charge in [-0.2, -0.15) is 0 Å². The summed E-state index contributed by atoms with van der Waals surface area (Å²) in [5, 5.41) is 0. The number of nitrogens with two attached hydrogens (primary N) is 1. The number of rotatable bonds is 7. The molecule has 1 atom stereocenters. The maximum Gasteiger partial charge on any atom is 0.233 e. The van der Waals surface area contributed by atoms with E-state index in [1.807, 2.05) is 0 Å². The highest BCUT2D eigenvalue weighted by Crippen LogP contribution is 2.22. The van der Waals surface area contributed by atoms with Crippen molar-refractivity contribution in [2.24, 2.45) is 11.8 Å². The van der Waals surface area contributed by atoms with Crippen LogP contribution < -0.4 is 11.3 Å². The van der Waals surface area contributed by atoms with Gasteiger partial charge in [-0.3, -0.25) is 10.2 Å². The van der Waals surface area contributed by atoms with Gasteiger partial charge in [-0.15, -0.1) is 0 Å². The lowest BCUT2D eigenvalue weighted by Crippen LogP contribution is -2.30. The van der Waals surface area contributed by atoms with Gasteiger partial charge in [-0.1, -0.05) is 19.8 Å². The van der Waals surface area contributed by atoms with Crippen LogP contribution in [-0.4, -0.2) is 30.4 Å². The van der Waals surface area contributed by atoms with E-state index in [9.17, 15) is 4.79 Å². The summed E-state index contributed by atoms with van der Waals surface area (Å²) in [5.74, 6) is 5.95. The molecule has 4 heteroatoms. The second kappa shape index (κ2) is 9.34. The first-order valence-electron chi connectivity index (χ1n) is 7.48. The van der Waals surface area contributed by atoms with Crippen molar-refractivity contribution in [1.82, 2.24) is 10.3 Å². The topological polar surface area (TPSA) is 58.4 Å².